The van der Waals surface area contributed by atoms with Crippen LogP contribution in [0.15, 0.2) is 22.4 Å². The van der Waals surface area contributed by atoms with Gasteiger partial charge in [0.25, 0.3) is 0 Å². The fourth-order valence-electron chi connectivity index (χ4n) is 1.26. The molecule has 0 amide bonds. The first-order chi connectivity index (χ1) is 6.24. The van der Waals surface area contributed by atoms with E-state index in [0.717, 1.165) is 19.4 Å². The van der Waals surface area contributed by atoms with E-state index in [0.29, 0.717) is 0 Å². The normalized spacial score (nSPS) is 11.0. The van der Waals surface area contributed by atoms with Gasteiger partial charge in [0.15, 0.2) is 0 Å². The molecule has 0 radical (unpaired) electrons. The van der Waals surface area contributed by atoms with Gasteiger partial charge in [-0.05, 0) is 40.1 Å². The zero-order valence-corrected chi connectivity index (χ0v) is 10.5. The Morgan fingerprint density at radius 3 is 3.00 bits per heavy atom. The molecule has 2 rings (SSSR count). The Morgan fingerprint density at radius 2 is 2.31 bits per heavy atom. The molecule has 0 spiro atoms. The zero-order chi connectivity index (χ0) is 9.42. The maximum absolute atomic E-state index is 9.15. The minimum absolute atomic E-state index is 0.0584. The van der Waals surface area contributed by atoms with Crippen LogP contribution in [0.2, 0.25) is 0 Å². The van der Waals surface area contributed by atoms with Crippen LogP contribution >= 0.6 is 46.6 Å². The van der Waals surface area contributed by atoms with Gasteiger partial charge in [-0.3, -0.25) is 0 Å². The Bertz CT molecular complexity index is 450. The van der Waals surface area contributed by atoms with Gasteiger partial charge in [0.05, 0.1) is 6.61 Å². The summed E-state index contributed by atoms with van der Waals surface area (Å²) in [5.74, 6) is 0. The third-order valence-electron chi connectivity index (χ3n) is 1.94. The van der Waals surface area contributed by atoms with Gasteiger partial charge in [-0.15, -0.1) is 24.0 Å². The van der Waals surface area contributed by atoms with Crippen molar-refractivity contribution < 1.29 is 5.11 Å². The molecule has 1 heterocycles. The lowest BCUT2D eigenvalue weighted by Gasteiger charge is -2.05. The molecule has 0 bridgehead atoms. The largest absolute Gasteiger partial charge is 0.392 e. The fraction of sp³-hybridized carbons (Fsp3) is 0.111. The summed E-state index contributed by atoms with van der Waals surface area (Å²) in [6.45, 7) is 0.0584. The third kappa shape index (κ3) is 1.60. The van der Waals surface area contributed by atoms with Gasteiger partial charge < -0.3 is 5.11 Å². The first-order valence-corrected chi connectivity index (χ1v) is 6.13. The molecule has 1 aromatic heterocycles. The Balaban J connectivity index is 2.85. The molecule has 1 nitrogen and oxygen atoms in total. The van der Waals surface area contributed by atoms with E-state index in [1.807, 2.05) is 11.4 Å². The topological polar surface area (TPSA) is 20.2 Å². The summed E-state index contributed by atoms with van der Waals surface area (Å²) >= 11 is 8.35. The monoisotopic (exact) mass is 322 g/mol. The highest BCUT2D eigenvalue weighted by Crippen LogP contribution is 2.32. The van der Waals surface area contributed by atoms with Crippen LogP contribution in [0.4, 0.5) is 0 Å². The summed E-state index contributed by atoms with van der Waals surface area (Å²) in [5, 5.41) is 12.3. The van der Waals surface area contributed by atoms with Crippen molar-refractivity contribution in [3.63, 3.8) is 0 Å². The van der Waals surface area contributed by atoms with Crippen molar-refractivity contribution >= 4 is 56.6 Å². The van der Waals surface area contributed by atoms with Crippen molar-refractivity contribution in [1.82, 2.24) is 0 Å². The van der Waals surface area contributed by atoms with Gasteiger partial charge in [0.2, 0.25) is 0 Å². The van der Waals surface area contributed by atoms with Gasteiger partial charge in [-0.2, -0.15) is 0 Å². The van der Waals surface area contributed by atoms with E-state index in [1.165, 1.54) is 4.70 Å². The highest BCUT2D eigenvalue weighted by Gasteiger charge is 2.08. The van der Waals surface area contributed by atoms with Crippen molar-refractivity contribution in [2.45, 2.75) is 11.5 Å². The first-order valence-electron chi connectivity index (χ1n) is 3.72. The third-order valence-corrected chi connectivity index (χ3v) is 4.28. The molecule has 0 aliphatic heterocycles. The quantitative estimate of drug-likeness (QED) is 0.610. The molecule has 1 aromatic carbocycles. The van der Waals surface area contributed by atoms with Crippen LogP contribution in [0.1, 0.15) is 5.56 Å². The van der Waals surface area contributed by atoms with Crippen molar-refractivity contribution in [2.24, 2.45) is 0 Å². The predicted molar refractivity (Wildman–Crippen MR) is 67.7 cm³/mol. The number of aliphatic hydroxyl groups excluding tert-OH is 1. The first kappa shape index (κ1) is 9.76. The van der Waals surface area contributed by atoms with Crippen LogP contribution in [0, 0.1) is 3.57 Å². The molecule has 1 N–H and O–H groups in total. The number of fused-ring (bicyclic) bond motifs is 1. The highest BCUT2D eigenvalue weighted by molar-refractivity contribution is 14.1. The van der Waals surface area contributed by atoms with Gasteiger partial charge in [-0.25, -0.2) is 0 Å². The molecule has 4 heteroatoms. The van der Waals surface area contributed by atoms with Crippen LogP contribution in [-0.2, 0) is 6.61 Å². The van der Waals surface area contributed by atoms with Crippen molar-refractivity contribution in [3.05, 3.63) is 26.6 Å². The summed E-state index contributed by atoms with van der Waals surface area (Å²) in [6, 6.07) is 4.13. The molecule has 2 aromatic rings. The van der Waals surface area contributed by atoms with Crippen LogP contribution in [-0.4, -0.2) is 5.11 Å². The number of hydrogen-bond acceptors (Lipinski definition) is 3. The van der Waals surface area contributed by atoms with E-state index in [4.69, 9.17) is 5.11 Å². The van der Waals surface area contributed by atoms with Gasteiger partial charge in [0.1, 0.15) is 0 Å². The van der Waals surface area contributed by atoms with Crippen molar-refractivity contribution in [2.75, 3.05) is 0 Å². The summed E-state index contributed by atoms with van der Waals surface area (Å²) in [6.07, 6.45) is 0. The molecule has 0 saturated carbocycles. The minimum Gasteiger partial charge on any atom is -0.392 e. The fourth-order valence-corrected chi connectivity index (χ4v) is 3.73. The number of aliphatic hydroxyl groups is 1. The maximum Gasteiger partial charge on any atom is 0.0703 e. The second-order valence-corrected chi connectivity index (χ2v) is 5.23. The number of thiophene rings is 1. The Labute approximate surface area is 99.3 Å². The molecule has 0 aliphatic carbocycles. The molecule has 13 heavy (non-hydrogen) atoms. The molecule has 68 valence electrons. The van der Waals surface area contributed by atoms with E-state index < -0.39 is 0 Å². The molecular weight excluding hydrogens is 315 g/mol. The summed E-state index contributed by atoms with van der Waals surface area (Å²) in [5.41, 5.74) is 0.926. The van der Waals surface area contributed by atoms with E-state index in [9.17, 15) is 0 Å². The van der Waals surface area contributed by atoms with Gasteiger partial charge in [0, 0.05) is 24.1 Å². The molecule has 0 saturated heterocycles. The average Bonchev–Trinajstić information content (AvgIpc) is 2.53. The minimum atomic E-state index is 0.0584. The van der Waals surface area contributed by atoms with E-state index >= 15 is 0 Å². The van der Waals surface area contributed by atoms with Gasteiger partial charge in [-0.1, -0.05) is 0 Å². The van der Waals surface area contributed by atoms with E-state index in [-0.39, 0.29) is 6.61 Å². The lowest BCUT2D eigenvalue weighted by Crippen LogP contribution is -1.90. The molecular formula is C9H7IOS2. The zero-order valence-electron chi connectivity index (χ0n) is 6.62. The Hall–Kier alpha value is 0.220. The number of rotatable bonds is 1. The molecule has 0 fully saturated rings. The average molecular weight is 322 g/mol. The molecule has 0 unspecified atom stereocenters. The predicted octanol–water partition coefficient (Wildman–Crippen LogP) is 3.29. The van der Waals surface area contributed by atoms with Crippen molar-refractivity contribution in [3.8, 4) is 0 Å². The smallest absolute Gasteiger partial charge is 0.0703 e. The standard InChI is InChI=1S/C9H7IOS2/c10-7-3-8-5(1-2-13-8)9(12)6(7)4-11/h1-3,11-12H,4H2. The number of halogens is 1. The van der Waals surface area contributed by atoms with E-state index in [1.54, 1.807) is 11.3 Å². The second kappa shape index (κ2) is 3.76. The molecule has 0 aliphatic rings. The lowest BCUT2D eigenvalue weighted by atomic mass is 10.2. The highest BCUT2D eigenvalue weighted by atomic mass is 127. The Kier molecular flexibility index (Phi) is 2.83. The van der Waals surface area contributed by atoms with E-state index in [2.05, 4.69) is 41.3 Å². The van der Waals surface area contributed by atoms with Crippen LogP contribution < -0.4 is 0 Å². The number of thiol groups is 1. The number of hydrogen-bond donors (Lipinski definition) is 2. The van der Waals surface area contributed by atoms with Crippen LogP contribution in [0.25, 0.3) is 10.1 Å². The summed E-state index contributed by atoms with van der Waals surface area (Å²) < 4.78 is 2.31. The van der Waals surface area contributed by atoms with Crippen LogP contribution in [0.3, 0.4) is 0 Å². The summed E-state index contributed by atoms with van der Waals surface area (Å²) in [7, 11) is 0. The SMILES string of the molecule is OCc1c(I)cc2sccc2c1S. The number of benzene rings is 1. The van der Waals surface area contributed by atoms with Crippen LogP contribution in [0.5, 0.6) is 0 Å². The van der Waals surface area contributed by atoms with Gasteiger partial charge >= 0.3 is 0 Å². The summed E-state index contributed by atoms with van der Waals surface area (Å²) in [4.78, 5) is 0.908. The molecule has 0 atom stereocenters. The Morgan fingerprint density at radius 1 is 1.54 bits per heavy atom. The van der Waals surface area contributed by atoms with Crippen molar-refractivity contribution in [1.29, 1.82) is 0 Å². The lowest BCUT2D eigenvalue weighted by molar-refractivity contribution is 0.278. The maximum atomic E-state index is 9.15. The second-order valence-electron chi connectivity index (χ2n) is 2.68.